The molecule has 0 radical (unpaired) electrons. The first-order valence-corrected chi connectivity index (χ1v) is 5.93. The van der Waals surface area contributed by atoms with Crippen molar-refractivity contribution in [3.63, 3.8) is 0 Å². The van der Waals surface area contributed by atoms with Crippen molar-refractivity contribution in [3.05, 3.63) is 47.5 Å². The van der Waals surface area contributed by atoms with Gasteiger partial charge in [-0.2, -0.15) is 5.10 Å². The predicted octanol–water partition coefficient (Wildman–Crippen LogP) is 1.99. The summed E-state index contributed by atoms with van der Waals surface area (Å²) >= 11 is 0. The number of H-pyrrole nitrogens is 1. The van der Waals surface area contributed by atoms with E-state index in [0.29, 0.717) is 5.56 Å². The van der Waals surface area contributed by atoms with Gasteiger partial charge in [0.2, 0.25) is 0 Å². The van der Waals surface area contributed by atoms with Gasteiger partial charge in [-0.15, -0.1) is 0 Å². The minimum atomic E-state index is -0.138. The molecule has 0 aliphatic rings. The van der Waals surface area contributed by atoms with Gasteiger partial charge in [-0.05, 0) is 25.0 Å². The first kappa shape index (κ1) is 12.3. The van der Waals surface area contributed by atoms with Crippen LogP contribution in [0.25, 0.3) is 0 Å². The summed E-state index contributed by atoms with van der Waals surface area (Å²) in [6.45, 7) is 4.02. The third kappa shape index (κ3) is 2.56. The third-order valence-electron chi connectivity index (χ3n) is 2.85. The van der Waals surface area contributed by atoms with Crippen molar-refractivity contribution in [1.82, 2.24) is 20.5 Å². The topological polar surface area (TPSA) is 70.7 Å². The first-order valence-electron chi connectivity index (χ1n) is 5.93. The molecular formula is C13H16N4O. The van der Waals surface area contributed by atoms with Gasteiger partial charge in [0.05, 0.1) is 23.5 Å². The minimum absolute atomic E-state index is 0.0754. The molecule has 0 saturated heterocycles. The average molecular weight is 244 g/mol. The van der Waals surface area contributed by atoms with Crippen molar-refractivity contribution >= 4 is 5.91 Å². The summed E-state index contributed by atoms with van der Waals surface area (Å²) < 4.78 is 0. The molecule has 0 aromatic carbocycles. The summed E-state index contributed by atoms with van der Waals surface area (Å²) in [7, 11) is 0. The number of carbonyl (C=O) groups is 1. The molecule has 2 heterocycles. The number of aryl methyl sites for hydroxylation is 1. The molecule has 2 aromatic rings. The van der Waals surface area contributed by atoms with Crippen LogP contribution in [0.4, 0.5) is 0 Å². The van der Waals surface area contributed by atoms with Crippen LogP contribution in [0.2, 0.25) is 0 Å². The molecule has 2 N–H and O–H groups in total. The van der Waals surface area contributed by atoms with E-state index >= 15 is 0 Å². The first-order chi connectivity index (χ1) is 8.72. The van der Waals surface area contributed by atoms with E-state index in [9.17, 15) is 4.79 Å². The van der Waals surface area contributed by atoms with Crippen LogP contribution < -0.4 is 5.32 Å². The van der Waals surface area contributed by atoms with Gasteiger partial charge in [-0.1, -0.05) is 13.0 Å². The number of aromatic amines is 1. The summed E-state index contributed by atoms with van der Waals surface area (Å²) in [5.74, 6) is -0.138. The SMILES string of the molecule is CCC(NC(=O)c1cn[nH]c1)c1ncccc1C. The molecular weight excluding hydrogens is 228 g/mol. The van der Waals surface area contributed by atoms with Gasteiger partial charge in [-0.25, -0.2) is 0 Å². The molecule has 0 spiro atoms. The number of carbonyl (C=O) groups excluding carboxylic acids is 1. The highest BCUT2D eigenvalue weighted by molar-refractivity contribution is 5.93. The van der Waals surface area contributed by atoms with Gasteiger partial charge in [0.15, 0.2) is 0 Å². The van der Waals surface area contributed by atoms with Crippen LogP contribution >= 0.6 is 0 Å². The Hall–Kier alpha value is -2.17. The van der Waals surface area contributed by atoms with Crippen molar-refractivity contribution in [2.75, 3.05) is 0 Å². The summed E-state index contributed by atoms with van der Waals surface area (Å²) in [6, 6.07) is 3.81. The van der Waals surface area contributed by atoms with E-state index in [2.05, 4.69) is 20.5 Å². The summed E-state index contributed by atoms with van der Waals surface area (Å²) in [5.41, 5.74) is 2.52. The largest absolute Gasteiger partial charge is 0.344 e. The zero-order valence-electron chi connectivity index (χ0n) is 10.5. The Morgan fingerprint density at radius 3 is 3.00 bits per heavy atom. The zero-order chi connectivity index (χ0) is 13.0. The molecule has 94 valence electrons. The Kier molecular flexibility index (Phi) is 3.72. The maximum atomic E-state index is 12.0. The molecule has 0 bridgehead atoms. The molecule has 0 aliphatic heterocycles. The predicted molar refractivity (Wildman–Crippen MR) is 68.1 cm³/mol. The highest BCUT2D eigenvalue weighted by Crippen LogP contribution is 2.18. The fourth-order valence-electron chi connectivity index (χ4n) is 1.84. The Bertz CT molecular complexity index is 522. The second-order valence-corrected chi connectivity index (χ2v) is 4.13. The molecule has 0 fully saturated rings. The lowest BCUT2D eigenvalue weighted by molar-refractivity contribution is 0.0934. The maximum absolute atomic E-state index is 12.0. The van der Waals surface area contributed by atoms with Gasteiger partial charge in [-0.3, -0.25) is 14.9 Å². The number of hydrogen-bond donors (Lipinski definition) is 2. The monoisotopic (exact) mass is 244 g/mol. The Morgan fingerprint density at radius 1 is 1.56 bits per heavy atom. The fourth-order valence-corrected chi connectivity index (χ4v) is 1.84. The highest BCUT2D eigenvalue weighted by Gasteiger charge is 2.17. The van der Waals surface area contributed by atoms with Crippen molar-refractivity contribution < 1.29 is 4.79 Å². The number of aromatic nitrogens is 3. The molecule has 5 heteroatoms. The lowest BCUT2D eigenvalue weighted by atomic mass is 10.1. The van der Waals surface area contributed by atoms with E-state index in [0.717, 1.165) is 17.7 Å². The van der Waals surface area contributed by atoms with Crippen LogP contribution in [0.5, 0.6) is 0 Å². The quantitative estimate of drug-likeness (QED) is 0.864. The molecule has 2 rings (SSSR count). The molecule has 0 aliphatic carbocycles. The molecule has 18 heavy (non-hydrogen) atoms. The van der Waals surface area contributed by atoms with E-state index in [-0.39, 0.29) is 11.9 Å². The smallest absolute Gasteiger partial charge is 0.254 e. The second kappa shape index (κ2) is 5.44. The number of hydrogen-bond acceptors (Lipinski definition) is 3. The van der Waals surface area contributed by atoms with Crippen molar-refractivity contribution in [2.45, 2.75) is 26.3 Å². The van der Waals surface area contributed by atoms with Crippen LogP contribution in [0.15, 0.2) is 30.7 Å². The van der Waals surface area contributed by atoms with E-state index in [1.807, 2.05) is 26.0 Å². The van der Waals surface area contributed by atoms with E-state index in [4.69, 9.17) is 0 Å². The van der Waals surface area contributed by atoms with Crippen LogP contribution in [0.1, 0.15) is 41.0 Å². The van der Waals surface area contributed by atoms with Gasteiger partial charge >= 0.3 is 0 Å². The molecule has 1 atom stereocenters. The third-order valence-corrected chi connectivity index (χ3v) is 2.85. The molecule has 1 amide bonds. The van der Waals surface area contributed by atoms with Crippen LogP contribution in [0, 0.1) is 6.92 Å². The number of rotatable bonds is 4. The Morgan fingerprint density at radius 2 is 2.39 bits per heavy atom. The molecule has 0 saturated carbocycles. The van der Waals surface area contributed by atoms with Crippen molar-refractivity contribution in [1.29, 1.82) is 0 Å². The summed E-state index contributed by atoms with van der Waals surface area (Å²) in [4.78, 5) is 16.3. The van der Waals surface area contributed by atoms with E-state index < -0.39 is 0 Å². The van der Waals surface area contributed by atoms with Gasteiger partial charge in [0, 0.05) is 12.4 Å². The fraction of sp³-hybridized carbons (Fsp3) is 0.308. The van der Waals surface area contributed by atoms with E-state index in [1.165, 1.54) is 6.20 Å². The average Bonchev–Trinajstić information content (AvgIpc) is 2.90. The van der Waals surface area contributed by atoms with Crippen molar-refractivity contribution in [2.24, 2.45) is 0 Å². The number of pyridine rings is 1. The maximum Gasteiger partial charge on any atom is 0.254 e. The number of amides is 1. The van der Waals surface area contributed by atoms with Gasteiger partial charge in [0.25, 0.3) is 5.91 Å². The molecule has 5 nitrogen and oxygen atoms in total. The van der Waals surface area contributed by atoms with Crippen LogP contribution in [-0.2, 0) is 0 Å². The van der Waals surface area contributed by atoms with Crippen molar-refractivity contribution in [3.8, 4) is 0 Å². The van der Waals surface area contributed by atoms with Crippen LogP contribution in [0.3, 0.4) is 0 Å². The van der Waals surface area contributed by atoms with E-state index in [1.54, 1.807) is 12.4 Å². The number of nitrogens with zero attached hydrogens (tertiary/aromatic N) is 2. The summed E-state index contributed by atoms with van der Waals surface area (Å²) in [5, 5.41) is 9.36. The standard InChI is InChI=1S/C13H16N4O/c1-3-11(12-9(2)5-4-6-14-12)17-13(18)10-7-15-16-8-10/h4-8,11H,3H2,1-2H3,(H,15,16)(H,17,18). The Balaban J connectivity index is 2.16. The normalized spacial score (nSPS) is 12.1. The number of nitrogens with one attached hydrogen (secondary N) is 2. The Labute approximate surface area is 106 Å². The molecule has 1 unspecified atom stereocenters. The van der Waals surface area contributed by atoms with Gasteiger partial charge < -0.3 is 5.32 Å². The summed E-state index contributed by atoms with van der Waals surface area (Å²) in [6.07, 6.45) is 5.62. The lowest BCUT2D eigenvalue weighted by Gasteiger charge is -2.17. The lowest BCUT2D eigenvalue weighted by Crippen LogP contribution is -2.29. The highest BCUT2D eigenvalue weighted by atomic mass is 16.1. The zero-order valence-corrected chi connectivity index (χ0v) is 10.5. The molecule has 2 aromatic heterocycles. The van der Waals surface area contributed by atoms with Gasteiger partial charge in [0.1, 0.15) is 0 Å². The minimum Gasteiger partial charge on any atom is -0.344 e. The second-order valence-electron chi connectivity index (χ2n) is 4.13. The van der Waals surface area contributed by atoms with Crippen LogP contribution in [-0.4, -0.2) is 21.1 Å².